The molecule has 1 saturated heterocycles. The number of carbonyl (C=O) groups is 1. The number of ether oxygens (including phenoxy) is 3. The fourth-order valence-corrected chi connectivity index (χ4v) is 3.72. The molecule has 1 amide bonds. The summed E-state index contributed by atoms with van der Waals surface area (Å²) in [6, 6.07) is 13.4. The number of hydrogen-bond acceptors (Lipinski definition) is 6. The zero-order valence-corrected chi connectivity index (χ0v) is 17.6. The summed E-state index contributed by atoms with van der Waals surface area (Å²) in [6.07, 6.45) is 1.80. The van der Waals surface area contributed by atoms with Crippen molar-refractivity contribution >= 4 is 40.3 Å². The van der Waals surface area contributed by atoms with E-state index in [1.54, 1.807) is 20.2 Å². The van der Waals surface area contributed by atoms with Gasteiger partial charge in [0, 0.05) is 7.05 Å². The second-order valence-electron chi connectivity index (χ2n) is 6.16. The summed E-state index contributed by atoms with van der Waals surface area (Å²) >= 11 is 6.44. The van der Waals surface area contributed by atoms with Crippen molar-refractivity contribution in [2.75, 3.05) is 27.4 Å². The van der Waals surface area contributed by atoms with E-state index in [0.717, 1.165) is 11.3 Å². The van der Waals surface area contributed by atoms with Gasteiger partial charge >= 0.3 is 0 Å². The lowest BCUT2D eigenvalue weighted by atomic mass is 10.2. The van der Waals surface area contributed by atoms with Gasteiger partial charge < -0.3 is 14.2 Å². The molecule has 0 bridgehead atoms. The molecule has 1 aliphatic heterocycles. The van der Waals surface area contributed by atoms with Crippen molar-refractivity contribution in [2.45, 2.75) is 6.92 Å². The van der Waals surface area contributed by atoms with Gasteiger partial charge in [0.05, 0.1) is 12.0 Å². The molecular weight excluding hydrogens is 394 g/mol. The van der Waals surface area contributed by atoms with Crippen molar-refractivity contribution in [3.8, 4) is 17.2 Å². The minimum Gasteiger partial charge on any atom is -0.493 e. The van der Waals surface area contributed by atoms with Crippen molar-refractivity contribution < 1.29 is 19.0 Å². The highest BCUT2D eigenvalue weighted by molar-refractivity contribution is 8.26. The van der Waals surface area contributed by atoms with E-state index in [1.165, 1.54) is 22.2 Å². The summed E-state index contributed by atoms with van der Waals surface area (Å²) in [5.74, 6) is 1.93. The normalized spacial score (nSPS) is 15.2. The standard InChI is InChI=1S/C21H21NO4S2/c1-14-4-7-16(8-5-14)25-10-11-26-17-9-6-15(12-18(17)24-3)13-19-20(23)22(2)21(27)28-19/h4-9,12-13H,10-11H2,1-3H3. The topological polar surface area (TPSA) is 48.0 Å². The Morgan fingerprint density at radius 2 is 1.79 bits per heavy atom. The van der Waals surface area contributed by atoms with E-state index in [4.69, 9.17) is 26.4 Å². The monoisotopic (exact) mass is 415 g/mol. The maximum Gasteiger partial charge on any atom is 0.265 e. The van der Waals surface area contributed by atoms with Crippen LogP contribution in [-0.2, 0) is 4.79 Å². The number of hydrogen-bond donors (Lipinski definition) is 0. The number of aryl methyl sites for hydroxylation is 1. The molecule has 1 aliphatic rings. The zero-order valence-electron chi connectivity index (χ0n) is 15.9. The molecule has 3 rings (SSSR count). The van der Waals surface area contributed by atoms with Gasteiger partial charge in [0.15, 0.2) is 11.5 Å². The number of nitrogens with zero attached hydrogens (tertiary/aromatic N) is 1. The molecule has 7 heteroatoms. The summed E-state index contributed by atoms with van der Waals surface area (Å²) in [5, 5.41) is 0. The highest BCUT2D eigenvalue weighted by atomic mass is 32.2. The van der Waals surface area contributed by atoms with E-state index in [-0.39, 0.29) is 5.91 Å². The molecule has 2 aromatic rings. The molecule has 2 aromatic carbocycles. The van der Waals surface area contributed by atoms with Gasteiger partial charge in [-0.15, -0.1) is 0 Å². The third-order valence-corrected chi connectivity index (χ3v) is 5.59. The van der Waals surface area contributed by atoms with Gasteiger partial charge in [0.2, 0.25) is 0 Å². The number of thioether (sulfide) groups is 1. The van der Waals surface area contributed by atoms with Crippen molar-refractivity contribution in [3.05, 3.63) is 58.5 Å². The lowest BCUT2D eigenvalue weighted by Gasteiger charge is -2.12. The Morgan fingerprint density at radius 1 is 1.07 bits per heavy atom. The smallest absolute Gasteiger partial charge is 0.265 e. The highest BCUT2D eigenvalue weighted by Gasteiger charge is 2.28. The van der Waals surface area contributed by atoms with Gasteiger partial charge in [-0.3, -0.25) is 9.69 Å². The maximum absolute atomic E-state index is 12.1. The average molecular weight is 416 g/mol. The van der Waals surface area contributed by atoms with Crippen molar-refractivity contribution in [1.82, 2.24) is 4.90 Å². The summed E-state index contributed by atoms with van der Waals surface area (Å²) in [7, 11) is 3.26. The minimum atomic E-state index is -0.0949. The molecule has 0 saturated carbocycles. The lowest BCUT2D eigenvalue weighted by Crippen LogP contribution is -2.22. The van der Waals surface area contributed by atoms with E-state index >= 15 is 0 Å². The molecule has 5 nitrogen and oxygen atoms in total. The van der Waals surface area contributed by atoms with Crippen LogP contribution >= 0.6 is 24.0 Å². The summed E-state index contributed by atoms with van der Waals surface area (Å²) in [6.45, 7) is 2.84. The van der Waals surface area contributed by atoms with E-state index in [1.807, 2.05) is 49.4 Å². The number of methoxy groups -OCH3 is 1. The van der Waals surface area contributed by atoms with Crippen LogP contribution < -0.4 is 14.2 Å². The average Bonchev–Trinajstić information content (AvgIpc) is 2.94. The predicted molar refractivity (Wildman–Crippen MR) is 116 cm³/mol. The van der Waals surface area contributed by atoms with E-state index in [2.05, 4.69) is 0 Å². The van der Waals surface area contributed by atoms with Crippen LogP contribution in [0.5, 0.6) is 17.2 Å². The lowest BCUT2D eigenvalue weighted by molar-refractivity contribution is -0.121. The zero-order chi connectivity index (χ0) is 20.1. The Kier molecular flexibility index (Phi) is 6.59. The first kappa shape index (κ1) is 20.2. The van der Waals surface area contributed by atoms with Gasteiger partial charge in [-0.25, -0.2) is 0 Å². The maximum atomic E-state index is 12.1. The molecule has 1 fully saturated rings. The van der Waals surface area contributed by atoms with Crippen LogP contribution in [0, 0.1) is 6.92 Å². The number of rotatable bonds is 7. The van der Waals surface area contributed by atoms with E-state index < -0.39 is 0 Å². The van der Waals surface area contributed by atoms with Crippen molar-refractivity contribution in [1.29, 1.82) is 0 Å². The van der Waals surface area contributed by atoms with Gasteiger partial charge in [-0.2, -0.15) is 0 Å². The Hall–Kier alpha value is -2.51. The molecule has 0 radical (unpaired) electrons. The summed E-state index contributed by atoms with van der Waals surface area (Å²) < 4.78 is 17.4. The highest BCUT2D eigenvalue weighted by Crippen LogP contribution is 2.34. The van der Waals surface area contributed by atoms with Gasteiger partial charge in [-0.05, 0) is 42.8 Å². The first-order valence-corrected chi connectivity index (χ1v) is 9.92. The Balaban J connectivity index is 1.61. The number of benzene rings is 2. The van der Waals surface area contributed by atoms with Gasteiger partial charge in [-0.1, -0.05) is 47.7 Å². The number of thiocarbonyl (C=S) groups is 1. The Bertz CT molecular complexity index is 909. The fraction of sp³-hybridized carbons (Fsp3) is 0.238. The quantitative estimate of drug-likeness (QED) is 0.382. The summed E-state index contributed by atoms with van der Waals surface area (Å²) in [4.78, 5) is 14.2. The molecule has 0 unspecified atom stereocenters. The molecule has 28 heavy (non-hydrogen) atoms. The first-order valence-electron chi connectivity index (χ1n) is 8.70. The van der Waals surface area contributed by atoms with Gasteiger partial charge in [0.25, 0.3) is 5.91 Å². The second-order valence-corrected chi connectivity index (χ2v) is 7.84. The SMILES string of the molecule is COc1cc(C=C2SC(=S)N(C)C2=O)ccc1OCCOc1ccc(C)cc1. The van der Waals surface area contributed by atoms with Crippen molar-refractivity contribution in [2.24, 2.45) is 0 Å². The number of carbonyl (C=O) groups excluding carboxylic acids is 1. The van der Waals surface area contributed by atoms with Crippen LogP contribution in [-0.4, -0.2) is 42.5 Å². The molecule has 146 valence electrons. The predicted octanol–water partition coefficient (Wildman–Crippen LogP) is 4.29. The van der Waals surface area contributed by atoms with Crippen molar-refractivity contribution in [3.63, 3.8) is 0 Å². The van der Waals surface area contributed by atoms with Crippen LogP contribution in [0.2, 0.25) is 0 Å². The minimum absolute atomic E-state index is 0.0949. The fourth-order valence-electron chi connectivity index (χ4n) is 2.54. The van der Waals surface area contributed by atoms with Crippen LogP contribution in [0.25, 0.3) is 6.08 Å². The summed E-state index contributed by atoms with van der Waals surface area (Å²) in [5.41, 5.74) is 2.03. The molecule has 0 atom stereocenters. The first-order chi connectivity index (χ1) is 13.5. The number of amides is 1. The van der Waals surface area contributed by atoms with Crippen LogP contribution in [0.15, 0.2) is 47.4 Å². The molecule has 1 heterocycles. The molecular formula is C21H21NO4S2. The van der Waals surface area contributed by atoms with E-state index in [0.29, 0.717) is 33.9 Å². The van der Waals surface area contributed by atoms with Crippen LogP contribution in [0.1, 0.15) is 11.1 Å². The largest absolute Gasteiger partial charge is 0.493 e. The van der Waals surface area contributed by atoms with Crippen LogP contribution in [0.4, 0.5) is 0 Å². The molecule has 0 aromatic heterocycles. The molecule has 0 aliphatic carbocycles. The molecule has 0 spiro atoms. The third kappa shape index (κ3) is 4.85. The Labute approximate surface area is 174 Å². The van der Waals surface area contributed by atoms with Crippen LogP contribution in [0.3, 0.4) is 0 Å². The number of likely N-dealkylation sites (N-methyl/N-ethyl adjacent to an activating group) is 1. The Morgan fingerprint density at radius 3 is 2.43 bits per heavy atom. The third-order valence-electron chi connectivity index (χ3n) is 4.10. The molecule has 0 N–H and O–H groups in total. The second kappa shape index (κ2) is 9.12. The van der Waals surface area contributed by atoms with Gasteiger partial charge in [0.1, 0.15) is 23.3 Å². The van der Waals surface area contributed by atoms with E-state index in [9.17, 15) is 4.79 Å².